The molecule has 2 aromatic rings. The number of nitrogens with zero attached hydrogens (tertiary/aromatic N) is 1. The Morgan fingerprint density at radius 2 is 1.76 bits per heavy atom. The molecule has 0 spiro atoms. The van der Waals surface area contributed by atoms with Gasteiger partial charge >= 0.3 is 0 Å². The highest BCUT2D eigenvalue weighted by Crippen LogP contribution is 2.34. The van der Waals surface area contributed by atoms with Crippen LogP contribution in [0.1, 0.15) is 31.0 Å². The van der Waals surface area contributed by atoms with Gasteiger partial charge in [-0.05, 0) is 56.2 Å². The van der Waals surface area contributed by atoms with Gasteiger partial charge in [0.25, 0.3) is 0 Å². The zero-order valence-corrected chi connectivity index (χ0v) is 12.5. The van der Waals surface area contributed by atoms with Crippen LogP contribution in [0.2, 0.25) is 0 Å². The summed E-state index contributed by atoms with van der Waals surface area (Å²) in [4.78, 5) is 1.82. The van der Waals surface area contributed by atoms with E-state index in [1.165, 1.54) is 12.1 Å². The minimum Gasteiger partial charge on any atom is -0.339 e. The summed E-state index contributed by atoms with van der Waals surface area (Å²) in [5.74, 6) is -0.604. The van der Waals surface area contributed by atoms with Crippen molar-refractivity contribution in [3.05, 3.63) is 59.2 Å². The van der Waals surface area contributed by atoms with E-state index >= 15 is 0 Å². The monoisotopic (exact) mass is 290 g/mol. The molecule has 0 aliphatic carbocycles. The van der Waals surface area contributed by atoms with Gasteiger partial charge in [0.05, 0.1) is 5.69 Å². The molecule has 2 N–H and O–H groups in total. The molecule has 0 saturated heterocycles. The van der Waals surface area contributed by atoms with Gasteiger partial charge in [0.2, 0.25) is 0 Å². The van der Waals surface area contributed by atoms with E-state index in [9.17, 15) is 8.78 Å². The molecule has 1 atom stereocenters. The van der Waals surface area contributed by atoms with Crippen LogP contribution < -0.4 is 10.6 Å². The van der Waals surface area contributed by atoms with Crippen LogP contribution in [0.15, 0.2) is 36.4 Å². The van der Waals surface area contributed by atoms with Gasteiger partial charge in [0.1, 0.15) is 11.6 Å². The number of halogens is 2. The first-order valence-electron chi connectivity index (χ1n) is 7.03. The lowest BCUT2D eigenvalue weighted by Crippen LogP contribution is -2.21. The van der Waals surface area contributed by atoms with Crippen LogP contribution in [0.5, 0.6) is 0 Å². The van der Waals surface area contributed by atoms with E-state index in [0.717, 1.165) is 5.69 Å². The third kappa shape index (κ3) is 3.05. The Bertz CT molecular complexity index is 639. The highest BCUT2D eigenvalue weighted by molar-refractivity contribution is 5.68. The van der Waals surface area contributed by atoms with Crippen molar-refractivity contribution in [2.24, 2.45) is 5.73 Å². The maximum absolute atomic E-state index is 14.1. The molecule has 2 aromatic carbocycles. The highest BCUT2D eigenvalue weighted by Gasteiger charge is 2.18. The second kappa shape index (κ2) is 6.22. The van der Waals surface area contributed by atoms with E-state index in [1.807, 2.05) is 11.8 Å². The summed E-state index contributed by atoms with van der Waals surface area (Å²) in [5.41, 5.74) is 8.35. The Hall–Kier alpha value is -1.94. The Balaban J connectivity index is 2.62. The summed E-state index contributed by atoms with van der Waals surface area (Å²) in [7, 11) is 0. The number of nitrogens with two attached hydrogens (primary N) is 1. The standard InChI is InChI=1S/C17H20F2N2/c1-4-21(16-8-6-5-7-14(16)18)17-9-11(2)15(19)10-13(17)12(3)20/h5-10,12H,4,20H2,1-3H3/t12-/m0/s1. The van der Waals surface area contributed by atoms with Gasteiger partial charge in [0, 0.05) is 18.3 Å². The molecule has 0 amide bonds. The molecule has 0 saturated carbocycles. The van der Waals surface area contributed by atoms with Crippen molar-refractivity contribution in [1.29, 1.82) is 0 Å². The summed E-state index contributed by atoms with van der Waals surface area (Å²) in [5, 5.41) is 0. The molecule has 0 aliphatic rings. The minimum atomic E-state index is -0.337. The molecule has 2 nitrogen and oxygen atoms in total. The molecule has 0 aromatic heterocycles. The molecule has 0 bridgehead atoms. The van der Waals surface area contributed by atoms with E-state index in [-0.39, 0.29) is 17.7 Å². The van der Waals surface area contributed by atoms with Crippen molar-refractivity contribution in [2.45, 2.75) is 26.8 Å². The number of aryl methyl sites for hydroxylation is 1. The summed E-state index contributed by atoms with van der Waals surface area (Å²) in [6, 6.07) is 9.39. The second-order valence-corrected chi connectivity index (χ2v) is 5.14. The molecule has 112 valence electrons. The van der Waals surface area contributed by atoms with Crippen molar-refractivity contribution in [3.63, 3.8) is 0 Å². The maximum Gasteiger partial charge on any atom is 0.146 e. The fourth-order valence-electron chi connectivity index (χ4n) is 2.42. The summed E-state index contributed by atoms with van der Waals surface area (Å²) >= 11 is 0. The first kappa shape index (κ1) is 15.4. The summed E-state index contributed by atoms with van der Waals surface area (Å²) in [6.45, 7) is 5.98. The van der Waals surface area contributed by atoms with Crippen molar-refractivity contribution >= 4 is 11.4 Å². The van der Waals surface area contributed by atoms with Crippen LogP contribution in [0, 0.1) is 18.6 Å². The Labute approximate surface area is 124 Å². The number of hydrogen-bond acceptors (Lipinski definition) is 2. The first-order valence-corrected chi connectivity index (χ1v) is 7.03. The maximum atomic E-state index is 14.1. The average Bonchev–Trinajstić information content (AvgIpc) is 2.44. The Morgan fingerprint density at radius 3 is 2.33 bits per heavy atom. The lowest BCUT2D eigenvalue weighted by Gasteiger charge is -2.28. The molecule has 0 unspecified atom stereocenters. The van der Waals surface area contributed by atoms with Gasteiger partial charge < -0.3 is 10.6 Å². The SMILES string of the molecule is CCN(c1ccccc1F)c1cc(C)c(F)cc1[C@H](C)N. The smallest absolute Gasteiger partial charge is 0.146 e. The molecule has 0 aliphatic heterocycles. The van der Waals surface area contributed by atoms with E-state index in [2.05, 4.69) is 0 Å². The van der Waals surface area contributed by atoms with Crippen LogP contribution in [0.3, 0.4) is 0 Å². The predicted octanol–water partition coefficient (Wildman–Crippen LogP) is 4.45. The average molecular weight is 290 g/mol. The minimum absolute atomic E-state index is 0.296. The van der Waals surface area contributed by atoms with E-state index in [0.29, 0.717) is 23.4 Å². The lowest BCUT2D eigenvalue weighted by atomic mass is 10.0. The van der Waals surface area contributed by atoms with Crippen LogP contribution in [-0.2, 0) is 0 Å². The molecule has 0 fully saturated rings. The number of para-hydroxylation sites is 1. The normalized spacial score (nSPS) is 12.3. The van der Waals surface area contributed by atoms with Gasteiger partial charge in [0.15, 0.2) is 0 Å². The highest BCUT2D eigenvalue weighted by atomic mass is 19.1. The van der Waals surface area contributed by atoms with Crippen molar-refractivity contribution in [1.82, 2.24) is 0 Å². The molecular weight excluding hydrogens is 270 g/mol. The van der Waals surface area contributed by atoms with E-state index in [4.69, 9.17) is 5.73 Å². The quantitative estimate of drug-likeness (QED) is 0.901. The first-order chi connectivity index (χ1) is 9.95. The zero-order chi connectivity index (χ0) is 15.6. The molecule has 0 heterocycles. The van der Waals surface area contributed by atoms with Crippen LogP contribution >= 0.6 is 0 Å². The number of hydrogen-bond donors (Lipinski definition) is 1. The number of anilines is 2. The van der Waals surface area contributed by atoms with Crippen molar-refractivity contribution in [3.8, 4) is 0 Å². The molecule has 21 heavy (non-hydrogen) atoms. The van der Waals surface area contributed by atoms with Crippen LogP contribution in [0.4, 0.5) is 20.2 Å². The molecule has 2 rings (SSSR count). The number of rotatable bonds is 4. The fraction of sp³-hybridized carbons (Fsp3) is 0.294. The van der Waals surface area contributed by atoms with E-state index in [1.54, 1.807) is 38.1 Å². The van der Waals surface area contributed by atoms with Gasteiger partial charge in [-0.2, -0.15) is 0 Å². The van der Waals surface area contributed by atoms with Crippen molar-refractivity contribution < 1.29 is 8.78 Å². The lowest BCUT2D eigenvalue weighted by molar-refractivity contribution is 0.612. The molecular formula is C17H20F2N2. The third-order valence-corrected chi connectivity index (χ3v) is 3.55. The van der Waals surface area contributed by atoms with Crippen molar-refractivity contribution in [2.75, 3.05) is 11.4 Å². The Kier molecular flexibility index (Phi) is 4.58. The van der Waals surface area contributed by atoms with Gasteiger partial charge in [-0.3, -0.25) is 0 Å². The largest absolute Gasteiger partial charge is 0.339 e. The van der Waals surface area contributed by atoms with Gasteiger partial charge in [-0.25, -0.2) is 8.78 Å². The van der Waals surface area contributed by atoms with Crippen LogP contribution in [-0.4, -0.2) is 6.54 Å². The zero-order valence-electron chi connectivity index (χ0n) is 12.5. The summed E-state index contributed by atoms with van der Waals surface area (Å²) in [6.07, 6.45) is 0. The van der Waals surface area contributed by atoms with Gasteiger partial charge in [-0.15, -0.1) is 0 Å². The van der Waals surface area contributed by atoms with E-state index < -0.39 is 0 Å². The molecule has 4 heteroatoms. The fourth-order valence-corrected chi connectivity index (χ4v) is 2.42. The van der Waals surface area contributed by atoms with Crippen LogP contribution in [0.25, 0.3) is 0 Å². The summed E-state index contributed by atoms with van der Waals surface area (Å²) < 4.78 is 27.9. The second-order valence-electron chi connectivity index (χ2n) is 5.14. The number of benzene rings is 2. The predicted molar refractivity (Wildman–Crippen MR) is 82.8 cm³/mol. The topological polar surface area (TPSA) is 29.3 Å². The molecule has 0 radical (unpaired) electrons. The Morgan fingerprint density at radius 1 is 1.10 bits per heavy atom. The van der Waals surface area contributed by atoms with Gasteiger partial charge in [-0.1, -0.05) is 12.1 Å². The third-order valence-electron chi connectivity index (χ3n) is 3.55.